The monoisotopic (exact) mass is 290 g/mol. The number of amides is 1. The molecule has 1 amide bonds. The van der Waals surface area contributed by atoms with E-state index in [0.717, 1.165) is 5.56 Å². The van der Waals surface area contributed by atoms with Gasteiger partial charge in [-0.3, -0.25) is 4.79 Å². The number of hydrogen-bond acceptors (Lipinski definition) is 5. The number of aromatic nitrogens is 4. The molecule has 0 bridgehead atoms. The van der Waals surface area contributed by atoms with Crippen LogP contribution in [0.15, 0.2) is 36.0 Å². The molecule has 2 aromatic rings. The largest absolute Gasteiger partial charge is 0.354 e. The summed E-state index contributed by atoms with van der Waals surface area (Å²) in [7, 11) is 1.56. The maximum Gasteiger partial charge on any atom is 0.267 e. The van der Waals surface area contributed by atoms with E-state index >= 15 is 0 Å². The molecule has 1 aliphatic rings. The zero-order valence-corrected chi connectivity index (χ0v) is 11.3. The molecule has 0 spiro atoms. The van der Waals surface area contributed by atoms with Gasteiger partial charge >= 0.3 is 0 Å². The van der Waals surface area contributed by atoms with Gasteiger partial charge in [-0.05, 0) is 28.1 Å². The van der Waals surface area contributed by atoms with Gasteiger partial charge in [-0.25, -0.2) is 0 Å². The molecule has 0 saturated carbocycles. The minimum atomic E-state index is -0.331. The number of halogens is 1. The number of nitrogens with one attached hydrogen (secondary N) is 2. The van der Waals surface area contributed by atoms with Crippen molar-refractivity contribution < 1.29 is 4.79 Å². The first-order valence-corrected chi connectivity index (χ1v) is 6.31. The van der Waals surface area contributed by atoms with E-state index in [4.69, 9.17) is 11.6 Å². The summed E-state index contributed by atoms with van der Waals surface area (Å²) in [5.74, 6) is 0.160. The van der Waals surface area contributed by atoms with Crippen molar-refractivity contribution in [2.24, 2.45) is 0 Å². The fraction of sp³-hybridized carbons (Fsp3) is 0.167. The van der Waals surface area contributed by atoms with Crippen molar-refractivity contribution in [2.75, 3.05) is 12.4 Å². The molecule has 20 heavy (non-hydrogen) atoms. The zero-order valence-electron chi connectivity index (χ0n) is 10.5. The van der Waals surface area contributed by atoms with E-state index in [-0.39, 0.29) is 11.9 Å². The summed E-state index contributed by atoms with van der Waals surface area (Å²) < 4.78 is 1.58. The molecule has 8 heteroatoms. The van der Waals surface area contributed by atoms with Crippen LogP contribution in [0, 0.1) is 0 Å². The van der Waals surface area contributed by atoms with Crippen LogP contribution in [-0.2, 0) is 4.79 Å². The average Bonchev–Trinajstić information content (AvgIpc) is 2.94. The number of carbonyl (C=O) groups is 1. The topological polar surface area (TPSA) is 84.7 Å². The summed E-state index contributed by atoms with van der Waals surface area (Å²) in [5, 5.41) is 17.4. The van der Waals surface area contributed by atoms with Gasteiger partial charge in [0.2, 0.25) is 5.95 Å². The highest BCUT2D eigenvalue weighted by Gasteiger charge is 2.27. The Morgan fingerprint density at radius 2 is 2.25 bits per heavy atom. The molecular formula is C12H11ClN6O. The van der Waals surface area contributed by atoms with Crippen LogP contribution in [0.4, 0.5) is 5.95 Å². The normalized spacial score (nSPS) is 16.9. The molecule has 102 valence electrons. The third kappa shape index (κ3) is 2.01. The lowest BCUT2D eigenvalue weighted by Gasteiger charge is -2.23. The molecule has 0 saturated heterocycles. The lowest BCUT2D eigenvalue weighted by molar-refractivity contribution is -0.116. The third-order valence-electron chi connectivity index (χ3n) is 3.02. The van der Waals surface area contributed by atoms with E-state index in [9.17, 15) is 4.79 Å². The summed E-state index contributed by atoms with van der Waals surface area (Å²) >= 11 is 6.22. The molecule has 0 aliphatic carbocycles. The number of carbonyl (C=O) groups excluding carboxylic acids is 1. The van der Waals surface area contributed by atoms with E-state index in [0.29, 0.717) is 16.7 Å². The molecule has 7 nitrogen and oxygen atoms in total. The number of likely N-dealkylation sites (N-methyl/N-ethyl adjacent to an activating group) is 1. The predicted octanol–water partition coefficient (Wildman–Crippen LogP) is 0.971. The zero-order chi connectivity index (χ0) is 14.1. The molecule has 1 aromatic heterocycles. The first-order chi connectivity index (χ1) is 9.70. The second-order valence-corrected chi connectivity index (χ2v) is 4.61. The van der Waals surface area contributed by atoms with Crippen LogP contribution in [0.3, 0.4) is 0 Å². The van der Waals surface area contributed by atoms with Gasteiger partial charge < -0.3 is 10.6 Å². The number of nitrogens with zero attached hydrogens (tertiary/aromatic N) is 4. The van der Waals surface area contributed by atoms with Gasteiger partial charge in [0, 0.05) is 12.1 Å². The van der Waals surface area contributed by atoms with Crippen molar-refractivity contribution >= 4 is 23.5 Å². The summed E-state index contributed by atoms with van der Waals surface area (Å²) in [4.78, 5) is 11.8. The second kappa shape index (κ2) is 4.93. The van der Waals surface area contributed by atoms with E-state index < -0.39 is 0 Å². The van der Waals surface area contributed by atoms with Crippen LogP contribution in [0.1, 0.15) is 11.6 Å². The number of anilines is 1. The second-order valence-electron chi connectivity index (χ2n) is 4.20. The smallest absolute Gasteiger partial charge is 0.267 e. The summed E-state index contributed by atoms with van der Waals surface area (Å²) in [6, 6.07) is 7.05. The maximum absolute atomic E-state index is 11.8. The van der Waals surface area contributed by atoms with Gasteiger partial charge in [0.25, 0.3) is 5.91 Å². The van der Waals surface area contributed by atoms with Gasteiger partial charge in [-0.2, -0.15) is 4.68 Å². The number of rotatable bonds is 2. The highest BCUT2D eigenvalue weighted by Crippen LogP contribution is 2.31. The molecule has 2 N–H and O–H groups in total. The van der Waals surface area contributed by atoms with Crippen LogP contribution >= 0.6 is 11.6 Å². The Labute approximate surface area is 119 Å². The Morgan fingerprint density at radius 1 is 1.45 bits per heavy atom. The summed E-state index contributed by atoms with van der Waals surface area (Å²) in [5.41, 5.74) is 1.21. The molecule has 0 fully saturated rings. The highest BCUT2D eigenvalue weighted by atomic mass is 35.5. The molecule has 1 aromatic carbocycles. The number of hydrogen-bond donors (Lipinski definition) is 2. The molecular weight excluding hydrogens is 280 g/mol. The van der Waals surface area contributed by atoms with Crippen molar-refractivity contribution in [1.29, 1.82) is 0 Å². The molecule has 3 rings (SSSR count). The van der Waals surface area contributed by atoms with Crippen LogP contribution in [-0.4, -0.2) is 33.2 Å². The fourth-order valence-electron chi connectivity index (χ4n) is 2.06. The SMILES string of the molecule is CNC(=O)C1=CC(c2ccccc2Cl)n2nnnc2N1. The number of fused-ring (bicyclic) bond motifs is 1. The minimum Gasteiger partial charge on any atom is -0.354 e. The Hall–Kier alpha value is -2.41. The van der Waals surface area contributed by atoms with Gasteiger partial charge in [0.05, 0.1) is 0 Å². The molecule has 2 heterocycles. The Morgan fingerprint density at radius 3 is 3.00 bits per heavy atom. The average molecular weight is 291 g/mol. The highest BCUT2D eigenvalue weighted by molar-refractivity contribution is 6.31. The predicted molar refractivity (Wildman–Crippen MR) is 73.2 cm³/mol. The van der Waals surface area contributed by atoms with E-state index in [1.54, 1.807) is 23.9 Å². The number of tetrazole rings is 1. The van der Waals surface area contributed by atoms with Crippen molar-refractivity contribution in [1.82, 2.24) is 25.5 Å². The van der Waals surface area contributed by atoms with Crippen LogP contribution in [0.5, 0.6) is 0 Å². The minimum absolute atomic E-state index is 0.240. The van der Waals surface area contributed by atoms with Gasteiger partial charge in [-0.1, -0.05) is 34.9 Å². The van der Waals surface area contributed by atoms with E-state index in [1.165, 1.54) is 0 Å². The number of benzene rings is 1. The first kappa shape index (κ1) is 12.6. The van der Waals surface area contributed by atoms with Gasteiger partial charge in [-0.15, -0.1) is 0 Å². The first-order valence-electron chi connectivity index (χ1n) is 5.94. The van der Waals surface area contributed by atoms with Crippen molar-refractivity contribution in [3.8, 4) is 0 Å². The lowest BCUT2D eigenvalue weighted by Crippen LogP contribution is -2.30. The quantitative estimate of drug-likeness (QED) is 0.861. The third-order valence-corrected chi connectivity index (χ3v) is 3.37. The summed E-state index contributed by atoms with van der Waals surface area (Å²) in [6.45, 7) is 0. The summed E-state index contributed by atoms with van der Waals surface area (Å²) in [6.07, 6.45) is 1.74. The van der Waals surface area contributed by atoms with E-state index in [1.807, 2.05) is 18.2 Å². The number of allylic oxidation sites excluding steroid dienone is 1. The van der Waals surface area contributed by atoms with Gasteiger partial charge in [0.1, 0.15) is 11.7 Å². The Bertz CT molecular complexity index is 695. The van der Waals surface area contributed by atoms with Crippen molar-refractivity contribution in [3.63, 3.8) is 0 Å². The Kier molecular flexibility index (Phi) is 3.11. The van der Waals surface area contributed by atoms with Crippen LogP contribution in [0.2, 0.25) is 5.02 Å². The molecule has 1 atom stereocenters. The van der Waals surface area contributed by atoms with E-state index in [2.05, 4.69) is 26.2 Å². The molecule has 1 aliphatic heterocycles. The van der Waals surface area contributed by atoms with Crippen molar-refractivity contribution in [3.05, 3.63) is 46.6 Å². The lowest BCUT2D eigenvalue weighted by atomic mass is 10.0. The molecule has 1 unspecified atom stereocenters. The molecule has 0 radical (unpaired) electrons. The van der Waals surface area contributed by atoms with Gasteiger partial charge in [0.15, 0.2) is 0 Å². The van der Waals surface area contributed by atoms with Crippen molar-refractivity contribution in [2.45, 2.75) is 6.04 Å². The standard InChI is InChI=1S/C12H11ClN6O/c1-14-11(20)9-6-10(7-4-2-3-5-8(7)13)19-12(15-9)16-17-18-19/h2-6,10H,1H3,(H,14,20)(H,15,16,18). The fourth-order valence-corrected chi connectivity index (χ4v) is 2.31. The van der Waals surface area contributed by atoms with Crippen LogP contribution in [0.25, 0.3) is 0 Å². The van der Waals surface area contributed by atoms with Crippen LogP contribution < -0.4 is 10.6 Å². The Balaban J connectivity index is 2.11. The maximum atomic E-state index is 11.8.